The first-order valence-electron chi connectivity index (χ1n) is 12.1. The van der Waals surface area contributed by atoms with Crippen LogP contribution >= 0.6 is 11.3 Å². The van der Waals surface area contributed by atoms with Crippen molar-refractivity contribution < 1.29 is 0 Å². The van der Waals surface area contributed by atoms with E-state index in [1.807, 2.05) is 23.6 Å². The second-order valence-electron chi connectivity index (χ2n) is 9.44. The van der Waals surface area contributed by atoms with Gasteiger partial charge in [0.25, 0.3) is 0 Å². The molecular weight excluding hydrogens is 436 g/mol. The number of aromatic nitrogens is 1. The Bertz CT molecular complexity index is 1470. The Morgan fingerprint density at radius 2 is 1.94 bits per heavy atom. The Morgan fingerprint density at radius 3 is 2.88 bits per heavy atom. The van der Waals surface area contributed by atoms with Crippen LogP contribution in [-0.2, 0) is 6.42 Å². The van der Waals surface area contributed by atoms with Crippen molar-refractivity contribution in [1.29, 1.82) is 0 Å². The summed E-state index contributed by atoms with van der Waals surface area (Å²) in [6.07, 6.45) is 6.26. The average molecular weight is 467 g/mol. The smallest absolute Gasteiger partial charge is 0.102 e. The number of pyridine rings is 1. The molecule has 1 saturated heterocycles. The number of nitrogens with one attached hydrogen (secondary N) is 1. The van der Waals surface area contributed by atoms with Gasteiger partial charge < -0.3 is 10.2 Å². The number of fused-ring (bicyclic) bond motifs is 3. The van der Waals surface area contributed by atoms with E-state index in [9.17, 15) is 0 Å². The van der Waals surface area contributed by atoms with Gasteiger partial charge >= 0.3 is 0 Å². The zero-order valence-electron chi connectivity index (χ0n) is 19.8. The molecule has 2 aliphatic heterocycles. The van der Waals surface area contributed by atoms with Gasteiger partial charge in [-0.25, -0.2) is 0 Å². The quantitative estimate of drug-likeness (QED) is 0.489. The summed E-state index contributed by atoms with van der Waals surface area (Å²) in [5.74, 6) is 0. The molecule has 4 heterocycles. The van der Waals surface area contributed by atoms with Crippen molar-refractivity contribution in [3.63, 3.8) is 0 Å². The maximum absolute atomic E-state index is 4.86. The van der Waals surface area contributed by atoms with Crippen LogP contribution in [0.5, 0.6) is 0 Å². The molecular formula is C29H30N4S. The van der Waals surface area contributed by atoms with E-state index in [1.54, 1.807) is 0 Å². The third-order valence-corrected chi connectivity index (χ3v) is 8.23. The van der Waals surface area contributed by atoms with Crippen LogP contribution < -0.4 is 15.9 Å². The summed E-state index contributed by atoms with van der Waals surface area (Å²) in [4.78, 5) is 11.3. The molecule has 0 saturated carbocycles. The Hall–Kier alpha value is -3.15. The number of hydrogen-bond acceptors (Lipinski definition) is 5. The Balaban J connectivity index is 1.33. The number of nitrogens with zero attached hydrogens (tertiary/aromatic N) is 3. The van der Waals surface area contributed by atoms with Crippen LogP contribution in [0.2, 0.25) is 0 Å². The molecule has 2 aromatic heterocycles. The fraction of sp³-hybridized carbons (Fsp3) is 0.276. The lowest BCUT2D eigenvalue weighted by Crippen LogP contribution is -2.52. The minimum absolute atomic E-state index is 0.496. The molecule has 4 aromatic rings. The van der Waals surface area contributed by atoms with E-state index in [4.69, 9.17) is 4.98 Å². The maximum atomic E-state index is 4.86. The summed E-state index contributed by atoms with van der Waals surface area (Å²) in [6, 6.07) is 22.5. The van der Waals surface area contributed by atoms with Crippen molar-refractivity contribution in [3.8, 4) is 0 Å². The Labute approximate surface area is 204 Å². The standard InChI is InChI=1S/C29H30N4S/c1-20-17-26-28(27-23(10-6-14-30-27)18-31-29(26)34-20)33-16-15-32(2)24(19-33)13-12-22-9-5-8-21-7-3-4-11-25(21)22/h3-11,14,17-18,24,31H,12-13,15-16,19H2,1-2H3. The number of hydrogen-bond donors (Lipinski definition) is 1. The van der Waals surface area contributed by atoms with Crippen LogP contribution in [0.25, 0.3) is 22.7 Å². The molecule has 6 rings (SSSR count). The SMILES string of the molecule is Cc1cc2c(s1)NC=c1cccnc1=C2N1CCN(C)C(CCc2cccc3ccccc23)C1. The highest BCUT2D eigenvalue weighted by Gasteiger charge is 2.29. The molecule has 0 aliphatic carbocycles. The number of rotatable bonds is 4. The first-order valence-corrected chi connectivity index (χ1v) is 12.9. The zero-order valence-corrected chi connectivity index (χ0v) is 20.6. The lowest BCUT2D eigenvalue weighted by molar-refractivity contribution is 0.128. The molecule has 2 aromatic carbocycles. The number of aryl methyl sites for hydroxylation is 2. The molecule has 5 heteroatoms. The van der Waals surface area contributed by atoms with Crippen LogP contribution in [0.3, 0.4) is 0 Å². The van der Waals surface area contributed by atoms with Gasteiger partial charge in [-0.1, -0.05) is 42.5 Å². The molecule has 1 atom stereocenters. The van der Waals surface area contributed by atoms with Gasteiger partial charge in [-0.3, -0.25) is 9.88 Å². The predicted octanol–water partition coefficient (Wildman–Crippen LogP) is 4.17. The molecule has 0 radical (unpaired) electrons. The van der Waals surface area contributed by atoms with Crippen LogP contribution in [0.1, 0.15) is 22.4 Å². The van der Waals surface area contributed by atoms with Gasteiger partial charge in [0.05, 0.1) is 11.0 Å². The van der Waals surface area contributed by atoms with Gasteiger partial charge in [0.1, 0.15) is 5.00 Å². The molecule has 4 nitrogen and oxygen atoms in total. The van der Waals surface area contributed by atoms with E-state index in [0.29, 0.717) is 6.04 Å². The van der Waals surface area contributed by atoms with Gasteiger partial charge in [0.15, 0.2) is 0 Å². The lowest BCUT2D eigenvalue weighted by Gasteiger charge is -2.41. The molecule has 34 heavy (non-hydrogen) atoms. The summed E-state index contributed by atoms with van der Waals surface area (Å²) >= 11 is 1.82. The molecule has 0 amide bonds. The van der Waals surface area contributed by atoms with E-state index in [-0.39, 0.29) is 0 Å². The predicted molar refractivity (Wildman–Crippen MR) is 143 cm³/mol. The first-order chi connectivity index (χ1) is 16.7. The summed E-state index contributed by atoms with van der Waals surface area (Å²) in [6.45, 7) is 5.28. The first kappa shape index (κ1) is 21.4. The lowest BCUT2D eigenvalue weighted by atomic mass is 9.97. The molecule has 172 valence electrons. The average Bonchev–Trinajstić information content (AvgIpc) is 3.16. The fourth-order valence-corrected chi connectivity index (χ4v) is 6.30. The van der Waals surface area contributed by atoms with E-state index in [1.165, 1.54) is 37.5 Å². The number of benzene rings is 2. The third kappa shape index (κ3) is 3.89. The van der Waals surface area contributed by atoms with Crippen molar-refractivity contribution >= 4 is 39.0 Å². The highest BCUT2D eigenvalue weighted by molar-refractivity contribution is 7.16. The molecule has 0 spiro atoms. The molecule has 0 bridgehead atoms. The number of piperazine rings is 1. The Morgan fingerprint density at radius 1 is 1.06 bits per heavy atom. The van der Waals surface area contributed by atoms with E-state index >= 15 is 0 Å². The summed E-state index contributed by atoms with van der Waals surface area (Å²) in [5.41, 5.74) is 4.01. The van der Waals surface area contributed by atoms with Gasteiger partial charge in [-0.15, -0.1) is 11.3 Å². The topological polar surface area (TPSA) is 31.4 Å². The number of anilines is 1. The summed E-state index contributed by atoms with van der Waals surface area (Å²) in [7, 11) is 2.28. The van der Waals surface area contributed by atoms with Crippen LogP contribution in [-0.4, -0.2) is 47.5 Å². The van der Waals surface area contributed by atoms with E-state index in [2.05, 4.69) is 89.9 Å². The van der Waals surface area contributed by atoms with Crippen LogP contribution in [0.4, 0.5) is 5.00 Å². The van der Waals surface area contributed by atoms with Gasteiger partial charge in [-0.2, -0.15) is 0 Å². The second kappa shape index (κ2) is 8.90. The maximum Gasteiger partial charge on any atom is 0.102 e. The summed E-state index contributed by atoms with van der Waals surface area (Å²) < 4.78 is 0. The molecule has 1 N–H and O–H groups in total. The molecule has 1 unspecified atom stereocenters. The van der Waals surface area contributed by atoms with E-state index in [0.717, 1.165) is 43.0 Å². The normalized spacial score (nSPS) is 18.1. The van der Waals surface area contributed by atoms with Gasteiger partial charge in [0, 0.05) is 53.7 Å². The van der Waals surface area contributed by atoms with Crippen molar-refractivity contribution in [2.45, 2.75) is 25.8 Å². The van der Waals surface area contributed by atoms with E-state index < -0.39 is 0 Å². The molecule has 2 aliphatic rings. The van der Waals surface area contributed by atoms with Crippen LogP contribution in [0, 0.1) is 6.92 Å². The fourth-order valence-electron chi connectivity index (χ4n) is 5.41. The minimum Gasteiger partial charge on any atom is -0.366 e. The van der Waals surface area contributed by atoms with Gasteiger partial charge in [0.2, 0.25) is 0 Å². The van der Waals surface area contributed by atoms with Crippen LogP contribution in [0.15, 0.2) is 66.9 Å². The second-order valence-corrected chi connectivity index (χ2v) is 10.7. The summed E-state index contributed by atoms with van der Waals surface area (Å²) in [5, 5.41) is 9.73. The van der Waals surface area contributed by atoms with Crippen molar-refractivity contribution in [2.24, 2.45) is 0 Å². The monoisotopic (exact) mass is 466 g/mol. The number of thiophene rings is 1. The number of likely N-dealkylation sites (N-methyl/N-ethyl adjacent to an activating group) is 1. The largest absolute Gasteiger partial charge is 0.366 e. The minimum atomic E-state index is 0.496. The van der Waals surface area contributed by atoms with Crippen molar-refractivity contribution in [2.75, 3.05) is 32.0 Å². The highest BCUT2D eigenvalue weighted by atomic mass is 32.1. The van der Waals surface area contributed by atoms with Gasteiger partial charge in [-0.05, 0) is 61.3 Å². The van der Waals surface area contributed by atoms with Crippen molar-refractivity contribution in [1.82, 2.24) is 14.8 Å². The highest BCUT2D eigenvalue weighted by Crippen LogP contribution is 2.35. The third-order valence-electron chi connectivity index (χ3n) is 7.25. The Kier molecular flexibility index (Phi) is 5.60. The molecule has 1 fully saturated rings. The van der Waals surface area contributed by atoms with Crippen molar-refractivity contribution in [3.05, 3.63) is 93.4 Å². The zero-order chi connectivity index (χ0) is 23.1.